The second kappa shape index (κ2) is 9.80. The number of ether oxygens (including phenoxy) is 2. The monoisotopic (exact) mass is 505 g/mol. The molecule has 10 nitrogen and oxygen atoms in total. The summed E-state index contributed by atoms with van der Waals surface area (Å²) in [5.74, 6) is 1.02. The van der Waals surface area contributed by atoms with Crippen molar-refractivity contribution in [3.63, 3.8) is 0 Å². The molecule has 11 heteroatoms. The molecule has 0 aromatic carbocycles. The number of methoxy groups -OCH3 is 1. The van der Waals surface area contributed by atoms with Gasteiger partial charge in [0, 0.05) is 49.2 Å². The van der Waals surface area contributed by atoms with E-state index in [-0.39, 0.29) is 13.2 Å². The number of hydrogen-bond donors (Lipinski definition) is 1. The van der Waals surface area contributed by atoms with Crippen LogP contribution in [0.15, 0.2) is 49.2 Å². The maximum Gasteiger partial charge on any atom is 0.212 e. The van der Waals surface area contributed by atoms with Crippen LogP contribution < -0.4 is 9.47 Å². The summed E-state index contributed by atoms with van der Waals surface area (Å²) in [4.78, 5) is 6.26. The first-order chi connectivity index (χ1) is 17.7. The van der Waals surface area contributed by atoms with Crippen molar-refractivity contribution in [1.82, 2.24) is 29.3 Å². The Kier molecular flexibility index (Phi) is 6.54. The summed E-state index contributed by atoms with van der Waals surface area (Å²) in [6, 6.07) is 7.22. The van der Waals surface area contributed by atoms with Crippen LogP contribution in [-0.4, -0.2) is 73.0 Å². The van der Waals surface area contributed by atoms with Crippen LogP contribution in [0.4, 0.5) is 4.39 Å². The van der Waals surface area contributed by atoms with Crippen molar-refractivity contribution in [3.8, 4) is 28.8 Å². The molecule has 0 amide bonds. The Morgan fingerprint density at radius 1 is 1.19 bits per heavy atom. The number of aromatic nitrogens is 5. The number of nitriles is 1. The normalized spacial score (nSPS) is 18.3. The van der Waals surface area contributed by atoms with Gasteiger partial charge in [-0.1, -0.05) is 6.07 Å². The third-order valence-corrected chi connectivity index (χ3v) is 6.26. The topological polar surface area (TPSA) is 114 Å². The van der Waals surface area contributed by atoms with Crippen LogP contribution in [0.5, 0.6) is 11.6 Å². The molecule has 1 fully saturated rings. The van der Waals surface area contributed by atoms with Gasteiger partial charge in [-0.2, -0.15) is 15.5 Å². The molecule has 0 radical (unpaired) electrons. The Bertz CT molecular complexity index is 1440. The number of nitrogens with zero attached hydrogens (tertiary/aromatic N) is 7. The highest BCUT2D eigenvalue weighted by atomic mass is 19.1. The predicted molar refractivity (Wildman–Crippen MR) is 133 cm³/mol. The lowest BCUT2D eigenvalue weighted by Crippen LogP contribution is -2.27. The lowest BCUT2D eigenvalue weighted by molar-refractivity contribution is 0.0283. The van der Waals surface area contributed by atoms with E-state index in [9.17, 15) is 10.4 Å². The predicted octanol–water partition coefficient (Wildman–Crippen LogP) is 3.02. The number of likely N-dealkylation sites (tertiary alicyclic amines) is 1. The first-order valence-electron chi connectivity index (χ1n) is 11.9. The second-order valence-corrected chi connectivity index (χ2v) is 9.85. The van der Waals surface area contributed by atoms with Gasteiger partial charge < -0.3 is 14.6 Å². The van der Waals surface area contributed by atoms with Crippen LogP contribution in [0.2, 0.25) is 0 Å². The molecule has 0 bridgehead atoms. The molecule has 192 valence electrons. The van der Waals surface area contributed by atoms with Gasteiger partial charge in [-0.15, -0.1) is 0 Å². The molecule has 0 aliphatic carbocycles. The summed E-state index contributed by atoms with van der Waals surface area (Å²) in [5, 5.41) is 28.4. The van der Waals surface area contributed by atoms with E-state index in [0.29, 0.717) is 46.9 Å². The minimum atomic E-state index is -1.09. The Balaban J connectivity index is 1.40. The van der Waals surface area contributed by atoms with E-state index in [1.54, 1.807) is 67.1 Å². The highest BCUT2D eigenvalue weighted by Gasteiger charge is 2.35. The molecule has 0 saturated carbocycles. The van der Waals surface area contributed by atoms with E-state index >= 15 is 4.39 Å². The van der Waals surface area contributed by atoms with Gasteiger partial charge in [0.15, 0.2) is 0 Å². The summed E-state index contributed by atoms with van der Waals surface area (Å²) >= 11 is 0. The second-order valence-electron chi connectivity index (χ2n) is 9.85. The van der Waals surface area contributed by atoms with Crippen molar-refractivity contribution in [2.75, 3.05) is 26.8 Å². The van der Waals surface area contributed by atoms with Crippen LogP contribution >= 0.6 is 0 Å². The van der Waals surface area contributed by atoms with E-state index in [1.165, 1.54) is 6.20 Å². The fourth-order valence-electron chi connectivity index (χ4n) is 4.48. The summed E-state index contributed by atoms with van der Waals surface area (Å²) in [5.41, 5.74) is 2.36. The molecular weight excluding hydrogens is 477 g/mol. The molecule has 1 saturated heterocycles. The van der Waals surface area contributed by atoms with Gasteiger partial charge in [-0.25, -0.2) is 13.9 Å². The fourth-order valence-corrected chi connectivity index (χ4v) is 4.48. The number of alkyl halides is 1. The molecule has 4 aromatic heterocycles. The van der Waals surface area contributed by atoms with E-state index in [0.717, 1.165) is 5.56 Å². The maximum atomic E-state index is 15.1. The van der Waals surface area contributed by atoms with Crippen molar-refractivity contribution in [1.29, 1.82) is 5.26 Å². The summed E-state index contributed by atoms with van der Waals surface area (Å²) in [7, 11) is 1.57. The largest absolute Gasteiger partial charge is 0.489 e. The molecule has 37 heavy (non-hydrogen) atoms. The van der Waals surface area contributed by atoms with E-state index in [2.05, 4.69) is 21.3 Å². The number of hydrogen-bond acceptors (Lipinski definition) is 8. The number of pyridine rings is 2. The fraction of sp³-hybridized carbons (Fsp3) is 0.385. The van der Waals surface area contributed by atoms with Crippen molar-refractivity contribution >= 4 is 5.52 Å². The zero-order chi connectivity index (χ0) is 26.2. The van der Waals surface area contributed by atoms with Gasteiger partial charge in [0.1, 0.15) is 24.6 Å². The van der Waals surface area contributed by atoms with Gasteiger partial charge in [-0.05, 0) is 25.5 Å². The van der Waals surface area contributed by atoms with E-state index in [1.807, 2.05) is 11.0 Å². The third kappa shape index (κ3) is 5.26. The Labute approximate surface area is 213 Å². The van der Waals surface area contributed by atoms with Gasteiger partial charge >= 0.3 is 0 Å². The summed E-state index contributed by atoms with van der Waals surface area (Å²) in [6.45, 7) is 4.74. The standard InChI is InChI=1S/C26H28FN7O3/c1-26(2,35)16-37-20-6-21(25-18(7-28)9-31-34(25)13-20)19-10-30-33(12-19)23-15-32(14-22(23)27)11-17-4-5-24(36-3)29-8-17/h4-6,8-10,12-13,22-23,35H,11,14-16H2,1-3H3/t22-,23-/m1/s1. The highest BCUT2D eigenvalue weighted by molar-refractivity contribution is 5.84. The average Bonchev–Trinajstić information content (AvgIpc) is 3.60. The molecule has 5 rings (SSSR count). The lowest BCUT2D eigenvalue weighted by atomic mass is 10.1. The van der Waals surface area contributed by atoms with Crippen LogP contribution in [0.25, 0.3) is 16.6 Å². The smallest absolute Gasteiger partial charge is 0.212 e. The first kappa shape index (κ1) is 24.7. The minimum Gasteiger partial charge on any atom is -0.489 e. The molecule has 4 aromatic rings. The minimum absolute atomic E-state index is 0.0781. The quantitative estimate of drug-likeness (QED) is 0.389. The summed E-state index contributed by atoms with van der Waals surface area (Å²) < 4.78 is 29.2. The lowest BCUT2D eigenvalue weighted by Gasteiger charge is -2.18. The average molecular weight is 506 g/mol. The molecule has 1 aliphatic heterocycles. The van der Waals surface area contributed by atoms with Crippen LogP contribution in [0.1, 0.15) is 31.0 Å². The van der Waals surface area contributed by atoms with Gasteiger partial charge in [0.05, 0.1) is 48.4 Å². The molecule has 5 heterocycles. The molecule has 0 spiro atoms. The Morgan fingerprint density at radius 3 is 2.73 bits per heavy atom. The number of aliphatic hydroxyl groups is 1. The van der Waals surface area contributed by atoms with Gasteiger partial charge in [0.2, 0.25) is 5.88 Å². The highest BCUT2D eigenvalue weighted by Crippen LogP contribution is 2.33. The van der Waals surface area contributed by atoms with Crippen molar-refractivity contribution in [2.45, 2.75) is 38.2 Å². The first-order valence-corrected chi connectivity index (χ1v) is 11.9. The summed E-state index contributed by atoms with van der Waals surface area (Å²) in [6.07, 6.45) is 7.25. The van der Waals surface area contributed by atoms with Gasteiger partial charge in [-0.3, -0.25) is 9.58 Å². The molecule has 1 aliphatic rings. The number of halogens is 1. The number of fused-ring (bicyclic) bond motifs is 1. The Morgan fingerprint density at radius 2 is 2.03 bits per heavy atom. The van der Waals surface area contributed by atoms with Crippen LogP contribution in [0.3, 0.4) is 0 Å². The zero-order valence-corrected chi connectivity index (χ0v) is 20.9. The zero-order valence-electron chi connectivity index (χ0n) is 20.9. The molecule has 2 atom stereocenters. The van der Waals surface area contributed by atoms with Crippen molar-refractivity contribution < 1.29 is 19.0 Å². The maximum absolute atomic E-state index is 15.1. The Hall–Kier alpha value is -4.01. The van der Waals surface area contributed by atoms with E-state index < -0.39 is 17.8 Å². The van der Waals surface area contributed by atoms with E-state index in [4.69, 9.17) is 9.47 Å². The SMILES string of the molecule is COc1ccc(CN2C[C@@H](F)[C@H](n3cc(-c4cc(OCC(C)(C)O)cn5ncc(C#N)c45)cn3)C2)cn1. The molecule has 1 N–H and O–H groups in total. The van der Waals surface area contributed by atoms with Gasteiger partial charge in [0.25, 0.3) is 0 Å². The molecular formula is C26H28FN7O3. The molecule has 0 unspecified atom stereocenters. The number of rotatable bonds is 8. The van der Waals surface area contributed by atoms with Crippen molar-refractivity contribution in [2.24, 2.45) is 0 Å². The third-order valence-electron chi connectivity index (χ3n) is 6.26. The van der Waals surface area contributed by atoms with Crippen LogP contribution in [0, 0.1) is 11.3 Å². The van der Waals surface area contributed by atoms with Crippen LogP contribution in [-0.2, 0) is 6.54 Å². The van der Waals surface area contributed by atoms with Crippen molar-refractivity contribution in [3.05, 3.63) is 60.3 Å².